The minimum atomic E-state index is 0.765. The first-order valence-electron chi connectivity index (χ1n) is 5.88. The number of rotatable bonds is 4. The highest BCUT2D eigenvalue weighted by molar-refractivity contribution is 9.10. The Morgan fingerprint density at radius 3 is 2.61 bits per heavy atom. The number of aryl methyl sites for hydroxylation is 2. The highest BCUT2D eigenvalue weighted by Gasteiger charge is 2.08. The van der Waals surface area contributed by atoms with Crippen LogP contribution in [-0.2, 0) is 20.1 Å². The fourth-order valence-corrected chi connectivity index (χ4v) is 2.13. The lowest BCUT2D eigenvalue weighted by Gasteiger charge is -2.05. The van der Waals surface area contributed by atoms with E-state index >= 15 is 0 Å². The molecule has 18 heavy (non-hydrogen) atoms. The summed E-state index contributed by atoms with van der Waals surface area (Å²) in [5.41, 5.74) is 4.61. The topological polar surface area (TPSA) is 42.7 Å². The number of hydrogen-bond acceptors (Lipinski definition) is 3. The fourth-order valence-electron chi connectivity index (χ4n) is 1.90. The molecule has 4 nitrogen and oxygen atoms in total. The van der Waals surface area contributed by atoms with Gasteiger partial charge in [0.05, 0.1) is 11.4 Å². The molecule has 0 bridgehead atoms. The van der Waals surface area contributed by atoms with Crippen LogP contribution in [0.4, 0.5) is 0 Å². The van der Waals surface area contributed by atoms with Gasteiger partial charge in [-0.3, -0.25) is 9.67 Å². The predicted octanol–water partition coefficient (Wildman–Crippen LogP) is 2.48. The Balaban J connectivity index is 1.94. The summed E-state index contributed by atoms with van der Waals surface area (Å²) in [7, 11) is 1.97. The van der Waals surface area contributed by atoms with Crippen LogP contribution in [0.15, 0.2) is 22.8 Å². The van der Waals surface area contributed by atoms with Gasteiger partial charge in [-0.25, -0.2) is 0 Å². The highest BCUT2D eigenvalue weighted by atomic mass is 79.9. The van der Waals surface area contributed by atoms with Gasteiger partial charge >= 0.3 is 0 Å². The van der Waals surface area contributed by atoms with Crippen molar-refractivity contribution in [1.29, 1.82) is 0 Å². The number of nitrogens with zero attached hydrogens (tertiary/aromatic N) is 3. The molecular weight excluding hydrogens is 292 g/mol. The zero-order chi connectivity index (χ0) is 13.1. The SMILES string of the molecule is Cc1nn(C)c(C)c1CNCc1ccc(Br)cn1. The Kier molecular flexibility index (Phi) is 4.14. The van der Waals surface area contributed by atoms with Crippen LogP contribution in [0.2, 0.25) is 0 Å². The van der Waals surface area contributed by atoms with E-state index in [1.165, 1.54) is 11.3 Å². The quantitative estimate of drug-likeness (QED) is 0.943. The molecule has 5 heteroatoms. The molecule has 0 aliphatic carbocycles. The molecule has 0 atom stereocenters. The lowest BCUT2D eigenvalue weighted by molar-refractivity contribution is 0.672. The maximum absolute atomic E-state index is 4.40. The van der Waals surface area contributed by atoms with Gasteiger partial charge in [-0.05, 0) is 41.9 Å². The van der Waals surface area contributed by atoms with Crippen LogP contribution >= 0.6 is 15.9 Å². The van der Waals surface area contributed by atoms with Gasteiger partial charge < -0.3 is 5.32 Å². The van der Waals surface area contributed by atoms with Crippen LogP contribution in [0.3, 0.4) is 0 Å². The molecule has 0 saturated carbocycles. The molecule has 0 fully saturated rings. The van der Waals surface area contributed by atoms with Gasteiger partial charge in [0.25, 0.3) is 0 Å². The summed E-state index contributed by atoms with van der Waals surface area (Å²) in [6.07, 6.45) is 1.82. The normalized spacial score (nSPS) is 10.9. The lowest BCUT2D eigenvalue weighted by Crippen LogP contribution is -2.14. The average molecular weight is 309 g/mol. The van der Waals surface area contributed by atoms with E-state index in [0.29, 0.717) is 0 Å². The second-order valence-electron chi connectivity index (χ2n) is 4.34. The molecule has 2 heterocycles. The van der Waals surface area contributed by atoms with E-state index in [1.807, 2.05) is 37.0 Å². The van der Waals surface area contributed by atoms with E-state index in [0.717, 1.165) is 29.0 Å². The first-order valence-corrected chi connectivity index (χ1v) is 6.67. The third kappa shape index (κ3) is 2.97. The van der Waals surface area contributed by atoms with E-state index in [4.69, 9.17) is 0 Å². The maximum atomic E-state index is 4.40. The van der Waals surface area contributed by atoms with Crippen molar-refractivity contribution in [3.05, 3.63) is 45.4 Å². The average Bonchev–Trinajstić information content (AvgIpc) is 2.58. The molecule has 0 spiro atoms. The van der Waals surface area contributed by atoms with Crippen LogP contribution in [0.1, 0.15) is 22.6 Å². The van der Waals surface area contributed by atoms with Crippen molar-refractivity contribution in [1.82, 2.24) is 20.1 Å². The van der Waals surface area contributed by atoms with Crippen LogP contribution in [0.5, 0.6) is 0 Å². The van der Waals surface area contributed by atoms with E-state index in [1.54, 1.807) is 0 Å². The molecule has 0 saturated heterocycles. The smallest absolute Gasteiger partial charge is 0.0641 e. The summed E-state index contributed by atoms with van der Waals surface area (Å²) < 4.78 is 2.93. The largest absolute Gasteiger partial charge is 0.307 e. The minimum absolute atomic E-state index is 0.765. The monoisotopic (exact) mass is 308 g/mol. The molecule has 2 rings (SSSR count). The molecule has 0 unspecified atom stereocenters. The van der Waals surface area contributed by atoms with Gasteiger partial charge in [0.2, 0.25) is 0 Å². The summed E-state index contributed by atoms with van der Waals surface area (Å²) in [5, 5.41) is 7.80. The van der Waals surface area contributed by atoms with Crippen LogP contribution in [-0.4, -0.2) is 14.8 Å². The predicted molar refractivity (Wildman–Crippen MR) is 75.2 cm³/mol. The number of pyridine rings is 1. The van der Waals surface area contributed by atoms with E-state index < -0.39 is 0 Å². The van der Waals surface area contributed by atoms with Gasteiger partial charge in [-0.15, -0.1) is 0 Å². The summed E-state index contributed by atoms with van der Waals surface area (Å²) >= 11 is 3.38. The van der Waals surface area contributed by atoms with Crippen molar-refractivity contribution in [3.63, 3.8) is 0 Å². The first kappa shape index (κ1) is 13.2. The van der Waals surface area contributed by atoms with Crippen molar-refractivity contribution in [2.75, 3.05) is 0 Å². The number of halogens is 1. The van der Waals surface area contributed by atoms with Crippen LogP contribution < -0.4 is 5.32 Å². The standard InChI is InChI=1S/C13H17BrN4/c1-9-13(10(2)18(3)17-9)8-15-7-12-5-4-11(14)6-16-12/h4-6,15H,7-8H2,1-3H3. The number of hydrogen-bond donors (Lipinski definition) is 1. The Hall–Kier alpha value is -1.20. The van der Waals surface area contributed by atoms with E-state index in [-0.39, 0.29) is 0 Å². The summed E-state index contributed by atoms with van der Waals surface area (Å²) in [4.78, 5) is 4.33. The number of aromatic nitrogens is 3. The zero-order valence-corrected chi connectivity index (χ0v) is 12.5. The second kappa shape index (κ2) is 5.63. The van der Waals surface area contributed by atoms with E-state index in [9.17, 15) is 0 Å². The van der Waals surface area contributed by atoms with Crippen molar-refractivity contribution in [2.24, 2.45) is 7.05 Å². The molecular formula is C13H17BrN4. The molecule has 0 radical (unpaired) electrons. The lowest BCUT2D eigenvalue weighted by atomic mass is 10.2. The van der Waals surface area contributed by atoms with Gasteiger partial charge in [-0.1, -0.05) is 0 Å². The molecule has 1 N–H and O–H groups in total. The van der Waals surface area contributed by atoms with Crippen molar-refractivity contribution in [3.8, 4) is 0 Å². The Morgan fingerprint density at radius 1 is 1.28 bits per heavy atom. The van der Waals surface area contributed by atoms with E-state index in [2.05, 4.69) is 38.3 Å². The van der Waals surface area contributed by atoms with Crippen molar-refractivity contribution in [2.45, 2.75) is 26.9 Å². The summed E-state index contributed by atoms with van der Waals surface area (Å²) in [6.45, 7) is 5.72. The second-order valence-corrected chi connectivity index (χ2v) is 5.26. The van der Waals surface area contributed by atoms with Gasteiger partial charge in [0.15, 0.2) is 0 Å². The zero-order valence-electron chi connectivity index (χ0n) is 10.9. The fraction of sp³-hybridized carbons (Fsp3) is 0.385. The van der Waals surface area contributed by atoms with Gasteiger partial charge in [-0.2, -0.15) is 5.10 Å². The molecule has 0 aliphatic rings. The summed E-state index contributed by atoms with van der Waals surface area (Å²) in [5.74, 6) is 0. The number of nitrogens with one attached hydrogen (secondary N) is 1. The molecule has 0 aromatic carbocycles. The highest BCUT2D eigenvalue weighted by Crippen LogP contribution is 2.12. The van der Waals surface area contributed by atoms with Crippen molar-refractivity contribution >= 4 is 15.9 Å². The molecule has 0 aliphatic heterocycles. The molecule has 96 valence electrons. The van der Waals surface area contributed by atoms with Gasteiger partial charge in [0.1, 0.15) is 0 Å². The summed E-state index contributed by atoms with van der Waals surface area (Å²) in [6, 6.07) is 4.02. The Labute approximate surface area is 116 Å². The molecule has 2 aromatic rings. The van der Waals surface area contributed by atoms with Gasteiger partial charge in [0, 0.05) is 42.1 Å². The molecule has 2 aromatic heterocycles. The first-order chi connectivity index (χ1) is 8.58. The third-order valence-corrected chi connectivity index (χ3v) is 3.52. The van der Waals surface area contributed by atoms with Crippen LogP contribution in [0.25, 0.3) is 0 Å². The molecule has 0 amide bonds. The Morgan fingerprint density at radius 2 is 2.06 bits per heavy atom. The Bertz CT molecular complexity index is 531. The maximum Gasteiger partial charge on any atom is 0.0641 e. The van der Waals surface area contributed by atoms with Crippen molar-refractivity contribution < 1.29 is 0 Å². The van der Waals surface area contributed by atoms with Crippen LogP contribution in [0, 0.1) is 13.8 Å². The third-order valence-electron chi connectivity index (χ3n) is 3.06. The minimum Gasteiger partial charge on any atom is -0.307 e.